The Hall–Kier alpha value is -5.45. The van der Waals surface area contributed by atoms with Crippen molar-refractivity contribution in [1.82, 2.24) is 4.90 Å². The molecule has 1 fully saturated rings. The highest BCUT2D eigenvalue weighted by atomic mass is 16.6. The summed E-state index contributed by atoms with van der Waals surface area (Å²) in [4.78, 5) is 58.5. The van der Waals surface area contributed by atoms with Crippen molar-refractivity contribution >= 4 is 41.1 Å². The van der Waals surface area contributed by atoms with Gasteiger partial charge in [-0.05, 0) is 76.9 Å². The van der Waals surface area contributed by atoms with Gasteiger partial charge >= 0.3 is 12.2 Å². The van der Waals surface area contributed by atoms with Gasteiger partial charge in [0.2, 0.25) is 0 Å². The molecule has 0 spiro atoms. The van der Waals surface area contributed by atoms with Crippen molar-refractivity contribution in [3.63, 3.8) is 0 Å². The van der Waals surface area contributed by atoms with E-state index in [1.807, 2.05) is 30.3 Å². The Morgan fingerprint density at radius 1 is 0.980 bits per heavy atom. The van der Waals surface area contributed by atoms with Crippen molar-refractivity contribution < 1.29 is 43.2 Å². The summed E-state index contributed by atoms with van der Waals surface area (Å²) in [5, 5.41) is 13.5. The number of rotatable bonds is 9. The first-order valence-corrected chi connectivity index (χ1v) is 16.0. The third-order valence-electron chi connectivity index (χ3n) is 7.08. The fraction of sp³-hybridized carbons (Fsp3) is 0.378. The van der Waals surface area contributed by atoms with Crippen molar-refractivity contribution in [3.8, 4) is 5.75 Å². The number of amides is 4. The summed E-state index contributed by atoms with van der Waals surface area (Å²) >= 11 is 0. The molecule has 13 heteroatoms. The second kappa shape index (κ2) is 15.8. The van der Waals surface area contributed by atoms with Crippen LogP contribution < -0.4 is 15.0 Å². The Morgan fingerprint density at radius 2 is 1.64 bits per heavy atom. The average Bonchev–Trinajstić information content (AvgIpc) is 3.05. The Kier molecular flexibility index (Phi) is 11.8. The Labute approximate surface area is 291 Å². The van der Waals surface area contributed by atoms with Crippen LogP contribution in [0, 0.1) is 6.57 Å². The Bertz CT molecular complexity index is 1710. The molecule has 4 rings (SSSR count). The zero-order chi connectivity index (χ0) is 36.6. The molecule has 0 bridgehead atoms. The minimum atomic E-state index is -1.90. The van der Waals surface area contributed by atoms with Crippen LogP contribution in [-0.2, 0) is 37.0 Å². The van der Waals surface area contributed by atoms with Crippen molar-refractivity contribution in [2.24, 2.45) is 0 Å². The summed E-state index contributed by atoms with van der Waals surface area (Å²) in [6, 6.07) is 20.8. The molecule has 2 atom stereocenters. The number of hydrogen-bond donors (Lipinski definition) is 2. The van der Waals surface area contributed by atoms with Crippen molar-refractivity contribution in [2.45, 2.75) is 78.1 Å². The molecule has 1 aliphatic rings. The van der Waals surface area contributed by atoms with Gasteiger partial charge in [0.15, 0.2) is 17.9 Å². The van der Waals surface area contributed by atoms with Crippen LogP contribution in [0.3, 0.4) is 0 Å². The van der Waals surface area contributed by atoms with E-state index < -0.39 is 54.0 Å². The molecule has 3 aromatic carbocycles. The van der Waals surface area contributed by atoms with Crippen LogP contribution in [0.15, 0.2) is 72.8 Å². The summed E-state index contributed by atoms with van der Waals surface area (Å²) in [6.45, 7) is 17.6. The summed E-state index contributed by atoms with van der Waals surface area (Å²) in [7, 11) is 0. The van der Waals surface area contributed by atoms with E-state index in [0.717, 1.165) is 10.5 Å². The highest BCUT2D eigenvalue weighted by Crippen LogP contribution is 2.28. The van der Waals surface area contributed by atoms with Crippen LogP contribution in [0.25, 0.3) is 4.85 Å². The molecule has 2 N–H and O–H groups in total. The van der Waals surface area contributed by atoms with Crippen LogP contribution in [0.1, 0.15) is 52.7 Å². The summed E-state index contributed by atoms with van der Waals surface area (Å²) in [6.07, 6.45) is -5.38. The van der Waals surface area contributed by atoms with E-state index in [1.165, 1.54) is 23.1 Å². The van der Waals surface area contributed by atoms with E-state index in [1.54, 1.807) is 65.8 Å². The van der Waals surface area contributed by atoms with Crippen LogP contribution in [0.2, 0.25) is 0 Å². The largest absolute Gasteiger partial charge is 0.489 e. The fourth-order valence-electron chi connectivity index (χ4n) is 4.83. The number of benzene rings is 3. The first kappa shape index (κ1) is 37.4. The standard InChI is InChI=1S/C37H42N4O9/c1-36(2,3)49-34(45)41(35(46)50-37(4,5)6)22-25-20-26(16-17-29(25)38-7)39-32(43)30(42)31-33(44)40(18-19-47-31)27-14-11-15-28(21-27)48-23-24-12-9-8-10-13-24/h8-17,20-21,30-31,42H,18-19,22-23H2,1-6H3,(H,39,43)/t30-,31-/m1/s1. The molecule has 1 aliphatic heterocycles. The van der Waals surface area contributed by atoms with E-state index >= 15 is 0 Å². The topological polar surface area (TPSA) is 148 Å². The maximum atomic E-state index is 13.5. The molecule has 0 radical (unpaired) electrons. The lowest BCUT2D eigenvalue weighted by atomic mass is 10.1. The molecule has 1 heterocycles. The predicted molar refractivity (Wildman–Crippen MR) is 185 cm³/mol. The average molecular weight is 687 g/mol. The molecule has 0 saturated carbocycles. The molecule has 264 valence electrons. The zero-order valence-electron chi connectivity index (χ0n) is 29.0. The molecule has 0 unspecified atom stereocenters. The van der Waals surface area contributed by atoms with Gasteiger partial charge in [-0.1, -0.05) is 42.5 Å². The van der Waals surface area contributed by atoms with Gasteiger partial charge in [-0.3, -0.25) is 9.59 Å². The molecular formula is C37H42N4O9. The normalized spacial score (nSPS) is 15.4. The minimum absolute atomic E-state index is 0.0604. The number of carbonyl (C=O) groups is 4. The number of carbonyl (C=O) groups excluding carboxylic acids is 4. The first-order chi connectivity index (χ1) is 23.5. The molecule has 50 heavy (non-hydrogen) atoms. The second-order valence-corrected chi connectivity index (χ2v) is 13.5. The number of morpholine rings is 1. The summed E-state index contributed by atoms with van der Waals surface area (Å²) in [5.74, 6) is -1.02. The fourth-order valence-corrected chi connectivity index (χ4v) is 4.83. The lowest BCUT2D eigenvalue weighted by molar-refractivity contribution is -0.150. The van der Waals surface area contributed by atoms with Gasteiger partial charge in [-0.25, -0.2) is 19.3 Å². The molecule has 0 aromatic heterocycles. The van der Waals surface area contributed by atoms with Gasteiger partial charge in [0.05, 0.1) is 19.7 Å². The number of hydrogen-bond acceptors (Lipinski definition) is 9. The van der Waals surface area contributed by atoms with Crippen LogP contribution in [0.5, 0.6) is 5.75 Å². The Balaban J connectivity index is 1.48. The van der Waals surface area contributed by atoms with Gasteiger partial charge in [-0.2, -0.15) is 0 Å². The third kappa shape index (κ3) is 10.3. The molecule has 3 aromatic rings. The smallest absolute Gasteiger partial charge is 0.420 e. The van der Waals surface area contributed by atoms with Gasteiger partial charge in [0, 0.05) is 24.0 Å². The van der Waals surface area contributed by atoms with Crippen molar-refractivity contribution in [3.05, 3.63) is 95.3 Å². The van der Waals surface area contributed by atoms with E-state index in [9.17, 15) is 24.3 Å². The van der Waals surface area contributed by atoms with Gasteiger partial charge in [-0.15, -0.1) is 0 Å². The monoisotopic (exact) mass is 686 g/mol. The number of nitrogens with one attached hydrogen (secondary N) is 1. The lowest BCUT2D eigenvalue weighted by Crippen LogP contribution is -2.55. The van der Waals surface area contributed by atoms with E-state index in [4.69, 9.17) is 25.5 Å². The number of nitrogens with zero attached hydrogens (tertiary/aromatic N) is 3. The van der Waals surface area contributed by atoms with E-state index in [2.05, 4.69) is 10.2 Å². The van der Waals surface area contributed by atoms with Gasteiger partial charge < -0.3 is 34.3 Å². The third-order valence-corrected chi connectivity index (χ3v) is 7.08. The van der Waals surface area contributed by atoms with E-state index in [0.29, 0.717) is 18.0 Å². The molecule has 0 aliphatic carbocycles. The predicted octanol–water partition coefficient (Wildman–Crippen LogP) is 6.22. The SMILES string of the molecule is [C-]#[N+]c1ccc(NC(=O)[C@H](O)[C@H]2OCCN(c3cccc(OCc4ccccc4)c3)C2=O)cc1CN(C(=O)OC(C)(C)C)C(=O)OC(C)(C)C. The number of imide groups is 1. The van der Waals surface area contributed by atoms with Crippen molar-refractivity contribution in [1.29, 1.82) is 0 Å². The van der Waals surface area contributed by atoms with Gasteiger partial charge in [0.25, 0.3) is 11.8 Å². The molecule has 4 amide bonds. The number of anilines is 2. The molecule has 1 saturated heterocycles. The molecular weight excluding hydrogens is 644 g/mol. The highest BCUT2D eigenvalue weighted by molar-refractivity contribution is 6.04. The first-order valence-electron chi connectivity index (χ1n) is 16.0. The van der Waals surface area contributed by atoms with Gasteiger partial charge in [0.1, 0.15) is 23.6 Å². The zero-order valence-corrected chi connectivity index (χ0v) is 29.0. The summed E-state index contributed by atoms with van der Waals surface area (Å²) in [5.41, 5.74) is 0.0481. The minimum Gasteiger partial charge on any atom is -0.489 e. The number of aliphatic hydroxyl groups is 1. The van der Waals surface area contributed by atoms with Crippen LogP contribution in [-0.4, -0.2) is 70.6 Å². The Morgan fingerprint density at radius 3 is 2.26 bits per heavy atom. The maximum Gasteiger partial charge on any atom is 0.420 e. The van der Waals surface area contributed by atoms with Crippen molar-refractivity contribution in [2.75, 3.05) is 23.4 Å². The molecule has 13 nitrogen and oxygen atoms in total. The van der Waals surface area contributed by atoms with Crippen LogP contribution >= 0.6 is 0 Å². The number of aliphatic hydroxyl groups excluding tert-OH is 1. The second-order valence-electron chi connectivity index (χ2n) is 13.5. The number of ether oxygens (including phenoxy) is 4. The highest BCUT2D eigenvalue weighted by Gasteiger charge is 2.39. The summed E-state index contributed by atoms with van der Waals surface area (Å²) < 4.78 is 22.3. The quantitative estimate of drug-likeness (QED) is 0.250. The lowest BCUT2D eigenvalue weighted by Gasteiger charge is -2.34. The van der Waals surface area contributed by atoms with E-state index in [-0.39, 0.29) is 30.1 Å². The maximum absolute atomic E-state index is 13.5. The van der Waals surface area contributed by atoms with Crippen LogP contribution in [0.4, 0.5) is 26.7 Å².